The summed E-state index contributed by atoms with van der Waals surface area (Å²) in [6.45, 7) is 5.43. The van der Waals surface area contributed by atoms with Crippen molar-refractivity contribution < 1.29 is 19.3 Å². The molecule has 1 saturated heterocycles. The lowest BCUT2D eigenvalue weighted by Crippen LogP contribution is -2.46. The van der Waals surface area contributed by atoms with Crippen molar-refractivity contribution in [1.82, 2.24) is 9.80 Å². The Morgan fingerprint density at radius 1 is 1.06 bits per heavy atom. The van der Waals surface area contributed by atoms with E-state index >= 15 is 0 Å². The van der Waals surface area contributed by atoms with E-state index in [2.05, 4.69) is 39.2 Å². The van der Waals surface area contributed by atoms with Gasteiger partial charge in [-0.2, -0.15) is 0 Å². The average molecular weight is 489 g/mol. The molecular formula is C27H28N4O5. The van der Waals surface area contributed by atoms with Crippen molar-refractivity contribution in [2.75, 3.05) is 13.1 Å². The van der Waals surface area contributed by atoms with Crippen LogP contribution in [0.25, 0.3) is 0 Å². The summed E-state index contributed by atoms with van der Waals surface area (Å²) in [5.41, 5.74) is 5.17. The summed E-state index contributed by atoms with van der Waals surface area (Å²) in [6, 6.07) is 16.8. The fourth-order valence-corrected chi connectivity index (χ4v) is 5.79. The van der Waals surface area contributed by atoms with Gasteiger partial charge in [0.2, 0.25) is 0 Å². The first-order valence-electron chi connectivity index (χ1n) is 12.3. The highest BCUT2D eigenvalue weighted by Crippen LogP contribution is 2.48. The second-order valence-electron chi connectivity index (χ2n) is 9.82. The molecule has 3 aliphatic heterocycles. The van der Waals surface area contributed by atoms with Gasteiger partial charge in [0, 0.05) is 6.54 Å². The molecule has 1 aromatic heterocycles. The number of fused-ring (bicyclic) bond motifs is 3. The second-order valence-corrected chi connectivity index (χ2v) is 9.82. The van der Waals surface area contributed by atoms with E-state index in [0.29, 0.717) is 5.76 Å². The van der Waals surface area contributed by atoms with E-state index in [1.807, 2.05) is 13.0 Å². The SMILES string of the molecule is CC1=NO[C@@H]2[C@H]1c1ccc(O)cc1[C@@H](c1ccc(CN3CCCC3)cc1)N2Cc1ccc([N+](=O)[O-])o1. The van der Waals surface area contributed by atoms with Crippen LogP contribution in [-0.4, -0.2) is 44.9 Å². The smallest absolute Gasteiger partial charge is 0.433 e. The Bertz CT molecular complexity index is 1310. The fraction of sp³-hybridized carbons (Fsp3) is 0.370. The molecule has 1 N–H and O–H groups in total. The number of nitrogens with zero attached hydrogens (tertiary/aromatic N) is 4. The van der Waals surface area contributed by atoms with Gasteiger partial charge in [-0.25, -0.2) is 4.90 Å². The lowest BCUT2D eigenvalue weighted by molar-refractivity contribution is -0.402. The standard InChI is InChI=1S/C27H28N4O5/c1-17-25-22-10-8-20(32)14-23(22)26(19-6-4-18(5-7-19)15-29-12-2-3-13-29)30(27(25)36-28-17)16-21-9-11-24(35-21)31(33)34/h4-11,14,25-27,32H,2-3,12-13,15-16H2,1H3/t25-,26-,27-/m1/s1. The third-order valence-corrected chi connectivity index (χ3v) is 7.46. The van der Waals surface area contributed by atoms with Gasteiger partial charge in [0.15, 0.2) is 6.23 Å². The van der Waals surface area contributed by atoms with Crippen molar-refractivity contribution in [1.29, 1.82) is 0 Å². The second kappa shape index (κ2) is 9.07. The van der Waals surface area contributed by atoms with Crippen LogP contribution in [0.4, 0.5) is 5.88 Å². The zero-order chi connectivity index (χ0) is 24.8. The zero-order valence-corrected chi connectivity index (χ0v) is 20.0. The van der Waals surface area contributed by atoms with Crippen LogP contribution >= 0.6 is 0 Å². The van der Waals surface area contributed by atoms with Crippen molar-refractivity contribution in [3.05, 3.63) is 92.7 Å². The number of oxime groups is 1. The molecule has 0 amide bonds. The van der Waals surface area contributed by atoms with E-state index in [-0.39, 0.29) is 30.1 Å². The molecule has 0 saturated carbocycles. The third-order valence-electron chi connectivity index (χ3n) is 7.46. The highest BCUT2D eigenvalue weighted by atomic mass is 16.7. The van der Waals surface area contributed by atoms with Crippen LogP contribution in [0.2, 0.25) is 0 Å². The average Bonchev–Trinajstić information content (AvgIpc) is 3.62. The summed E-state index contributed by atoms with van der Waals surface area (Å²) in [7, 11) is 0. The summed E-state index contributed by atoms with van der Waals surface area (Å²) in [5.74, 6) is 0.244. The van der Waals surface area contributed by atoms with Crippen molar-refractivity contribution in [2.24, 2.45) is 5.16 Å². The minimum absolute atomic E-state index is 0.115. The van der Waals surface area contributed by atoms with Gasteiger partial charge < -0.3 is 14.4 Å². The van der Waals surface area contributed by atoms with Crippen LogP contribution in [0.3, 0.4) is 0 Å². The van der Waals surface area contributed by atoms with E-state index < -0.39 is 11.2 Å². The number of phenolic OH excluding ortho intramolecular Hbond substituents is 1. The summed E-state index contributed by atoms with van der Waals surface area (Å²) in [6.07, 6.45) is 2.11. The number of furan rings is 1. The molecule has 0 radical (unpaired) electrons. The van der Waals surface area contributed by atoms with Crippen LogP contribution in [-0.2, 0) is 17.9 Å². The Kier molecular flexibility index (Phi) is 5.73. The summed E-state index contributed by atoms with van der Waals surface area (Å²) >= 11 is 0. The van der Waals surface area contributed by atoms with Crippen molar-refractivity contribution in [2.45, 2.75) is 51.0 Å². The largest absolute Gasteiger partial charge is 0.508 e. The van der Waals surface area contributed by atoms with Gasteiger partial charge in [-0.1, -0.05) is 35.5 Å². The van der Waals surface area contributed by atoms with Crippen LogP contribution in [0, 0.1) is 10.1 Å². The number of likely N-dealkylation sites (tertiary alicyclic amines) is 1. The normalized spacial score (nSPS) is 23.7. The number of aromatic hydroxyl groups is 1. The molecule has 9 heteroatoms. The predicted octanol–water partition coefficient (Wildman–Crippen LogP) is 4.91. The summed E-state index contributed by atoms with van der Waals surface area (Å²) < 4.78 is 5.52. The molecule has 3 atom stereocenters. The monoisotopic (exact) mass is 488 g/mol. The minimum atomic E-state index is -0.536. The van der Waals surface area contributed by atoms with E-state index in [4.69, 9.17) is 9.25 Å². The lowest BCUT2D eigenvalue weighted by atomic mass is 9.79. The molecule has 0 aliphatic carbocycles. The first-order chi connectivity index (χ1) is 17.5. The van der Waals surface area contributed by atoms with Gasteiger partial charge in [0.05, 0.1) is 30.3 Å². The van der Waals surface area contributed by atoms with Crippen LogP contribution in [0.15, 0.2) is 64.2 Å². The Morgan fingerprint density at radius 3 is 2.56 bits per heavy atom. The van der Waals surface area contributed by atoms with Crippen LogP contribution in [0.1, 0.15) is 59.7 Å². The fourth-order valence-electron chi connectivity index (χ4n) is 5.79. The Hall–Kier alpha value is -3.69. The minimum Gasteiger partial charge on any atom is -0.508 e. The molecule has 0 spiro atoms. The van der Waals surface area contributed by atoms with Gasteiger partial charge in [-0.15, -0.1) is 0 Å². The molecule has 3 aliphatic rings. The number of hydrogen-bond acceptors (Lipinski definition) is 8. The molecule has 186 valence electrons. The van der Waals surface area contributed by atoms with E-state index in [1.54, 1.807) is 18.2 Å². The maximum Gasteiger partial charge on any atom is 0.433 e. The molecule has 1 fully saturated rings. The molecule has 4 heterocycles. The molecule has 6 rings (SSSR count). The number of benzene rings is 2. The van der Waals surface area contributed by atoms with Crippen LogP contribution < -0.4 is 0 Å². The Labute approximate surface area is 208 Å². The molecule has 9 nitrogen and oxygen atoms in total. The molecule has 2 aromatic carbocycles. The lowest BCUT2D eigenvalue weighted by Gasteiger charge is -2.43. The van der Waals surface area contributed by atoms with E-state index in [1.165, 1.54) is 24.5 Å². The summed E-state index contributed by atoms with van der Waals surface area (Å²) in [4.78, 5) is 21.2. The van der Waals surface area contributed by atoms with Crippen molar-refractivity contribution >= 4 is 11.6 Å². The van der Waals surface area contributed by atoms with E-state index in [9.17, 15) is 15.2 Å². The van der Waals surface area contributed by atoms with Crippen LogP contribution in [0.5, 0.6) is 5.75 Å². The van der Waals surface area contributed by atoms with Gasteiger partial charge in [0.1, 0.15) is 16.4 Å². The third kappa shape index (κ3) is 4.04. The number of phenols is 1. The quantitative estimate of drug-likeness (QED) is 0.388. The predicted molar refractivity (Wildman–Crippen MR) is 133 cm³/mol. The molecule has 0 bridgehead atoms. The maximum absolute atomic E-state index is 11.2. The molecular weight excluding hydrogens is 460 g/mol. The van der Waals surface area contributed by atoms with Crippen molar-refractivity contribution in [3.63, 3.8) is 0 Å². The highest BCUT2D eigenvalue weighted by Gasteiger charge is 2.47. The summed E-state index contributed by atoms with van der Waals surface area (Å²) in [5, 5.41) is 25.9. The molecule has 3 aromatic rings. The Morgan fingerprint density at radius 2 is 1.83 bits per heavy atom. The first-order valence-corrected chi connectivity index (χ1v) is 12.3. The van der Waals surface area contributed by atoms with Crippen molar-refractivity contribution in [3.8, 4) is 5.75 Å². The maximum atomic E-state index is 11.2. The zero-order valence-electron chi connectivity index (χ0n) is 20.0. The van der Waals surface area contributed by atoms with Gasteiger partial charge in [-0.3, -0.25) is 15.0 Å². The highest BCUT2D eigenvalue weighted by molar-refractivity contribution is 5.91. The van der Waals surface area contributed by atoms with Gasteiger partial charge >= 0.3 is 5.88 Å². The van der Waals surface area contributed by atoms with Gasteiger partial charge in [-0.05, 0) is 73.3 Å². The number of rotatable bonds is 6. The van der Waals surface area contributed by atoms with E-state index in [0.717, 1.165) is 42.0 Å². The number of nitro groups is 1. The topological polar surface area (TPSA) is 105 Å². The first kappa shape index (κ1) is 22.8. The Balaban J connectivity index is 1.40. The molecule has 36 heavy (non-hydrogen) atoms. The number of hydrogen-bond donors (Lipinski definition) is 1. The van der Waals surface area contributed by atoms with Gasteiger partial charge in [0.25, 0.3) is 0 Å². The molecule has 0 unspecified atom stereocenters.